The first-order chi connectivity index (χ1) is 32.6. The van der Waals surface area contributed by atoms with Crippen LogP contribution >= 0.6 is 21.6 Å². The van der Waals surface area contributed by atoms with E-state index in [1.54, 1.807) is 39.7 Å². The number of methoxy groups -OCH3 is 1. The second-order valence-corrected chi connectivity index (χ2v) is 20.6. The number of rotatable bonds is 18. The van der Waals surface area contributed by atoms with Gasteiger partial charge < -0.3 is 34.4 Å². The Morgan fingerprint density at radius 2 is 1.34 bits per heavy atom. The average Bonchev–Trinajstić information content (AvgIpc) is 3.85. The average molecular weight is 940 g/mol. The Hall–Kier alpha value is -5.76. The van der Waals surface area contributed by atoms with Crippen LogP contribution in [0.5, 0.6) is 17.2 Å². The summed E-state index contributed by atoms with van der Waals surface area (Å²) in [6, 6.07) is 29.0. The van der Waals surface area contributed by atoms with Gasteiger partial charge in [-0.05, 0) is 139 Å². The van der Waals surface area contributed by atoms with Crippen molar-refractivity contribution in [2.24, 2.45) is 0 Å². The second kappa shape index (κ2) is 20.6. The van der Waals surface area contributed by atoms with Crippen molar-refractivity contribution in [3.63, 3.8) is 0 Å². The van der Waals surface area contributed by atoms with E-state index in [1.807, 2.05) is 97.6 Å². The van der Waals surface area contributed by atoms with Crippen molar-refractivity contribution in [2.75, 3.05) is 33.7 Å². The molecular weight excluding hydrogens is 883 g/mol. The molecule has 4 aliphatic heterocycles. The van der Waals surface area contributed by atoms with Crippen LogP contribution in [0, 0.1) is 6.92 Å². The number of fused-ring (bicyclic) bond motifs is 8. The minimum atomic E-state index is -0.746. The molecule has 4 heterocycles. The highest BCUT2D eigenvalue weighted by atomic mass is 33.1. The molecule has 11 nitrogen and oxygen atoms in total. The van der Waals surface area contributed by atoms with E-state index in [9.17, 15) is 24.3 Å². The van der Waals surface area contributed by atoms with E-state index in [0.29, 0.717) is 78.4 Å². The summed E-state index contributed by atoms with van der Waals surface area (Å²) < 4.78 is 18.8. The first kappa shape index (κ1) is 46.4. The van der Waals surface area contributed by atoms with Crippen molar-refractivity contribution in [3.05, 3.63) is 141 Å². The number of hydrogen-bond acceptors (Lipinski definition) is 10. The number of carbonyl (C=O) groups excluding carboxylic acids is 4. The van der Waals surface area contributed by atoms with Gasteiger partial charge in [-0.3, -0.25) is 19.2 Å². The van der Waals surface area contributed by atoms with Gasteiger partial charge in [-0.1, -0.05) is 64.9 Å². The van der Waals surface area contributed by atoms with Gasteiger partial charge >= 0.3 is 0 Å². The van der Waals surface area contributed by atoms with Gasteiger partial charge in [0, 0.05) is 71.4 Å². The summed E-state index contributed by atoms with van der Waals surface area (Å²) in [5, 5.41) is 14.5. The van der Waals surface area contributed by atoms with Gasteiger partial charge in [0.2, 0.25) is 5.91 Å². The van der Waals surface area contributed by atoms with Gasteiger partial charge in [0.05, 0.1) is 19.3 Å². The van der Waals surface area contributed by atoms with Crippen LogP contribution in [-0.4, -0.2) is 65.4 Å². The van der Waals surface area contributed by atoms with Gasteiger partial charge in [0.15, 0.2) is 11.5 Å². The highest BCUT2D eigenvalue weighted by Crippen LogP contribution is 2.42. The van der Waals surface area contributed by atoms with Crippen molar-refractivity contribution in [1.82, 2.24) is 0 Å². The van der Waals surface area contributed by atoms with Crippen molar-refractivity contribution < 1.29 is 38.5 Å². The maximum atomic E-state index is 14.1. The number of para-hydroxylation sites is 2. The van der Waals surface area contributed by atoms with Gasteiger partial charge in [-0.2, -0.15) is 0 Å². The van der Waals surface area contributed by atoms with Crippen molar-refractivity contribution in [2.45, 2.75) is 109 Å². The van der Waals surface area contributed by atoms with E-state index in [-0.39, 0.29) is 43.0 Å². The van der Waals surface area contributed by atoms with E-state index < -0.39 is 6.10 Å². The number of aliphatic hydroxyl groups excluding tert-OH is 1. The molecule has 3 amide bonds. The number of amides is 3. The molecular formula is C54H57N3O8S2. The third-order valence-corrected chi connectivity index (χ3v) is 15.9. The van der Waals surface area contributed by atoms with Crippen LogP contribution in [0.3, 0.4) is 0 Å². The number of aliphatic hydroxyl groups is 1. The van der Waals surface area contributed by atoms with Crippen molar-refractivity contribution in [3.8, 4) is 17.2 Å². The fraction of sp³-hybridized carbons (Fsp3) is 0.370. The molecule has 348 valence electrons. The minimum absolute atomic E-state index is 0.0311. The predicted octanol–water partition coefficient (Wildman–Crippen LogP) is 10.0. The van der Waals surface area contributed by atoms with Gasteiger partial charge in [0.25, 0.3) is 11.8 Å². The van der Waals surface area contributed by atoms with Gasteiger partial charge in [0.1, 0.15) is 24.7 Å². The van der Waals surface area contributed by atoms with Crippen LogP contribution in [-0.2, 0) is 48.5 Å². The molecule has 0 saturated heterocycles. The molecule has 3 atom stereocenters. The molecule has 0 radical (unpaired) electrons. The van der Waals surface area contributed by atoms with Gasteiger partial charge in [-0.25, -0.2) is 0 Å². The largest absolute Gasteiger partial charge is 0.493 e. The summed E-state index contributed by atoms with van der Waals surface area (Å²) in [7, 11) is 5.04. The SMILES string of the molecule is CCC(=O)CCCSSCCCC(=O)Nc1cc(COc2cc3c(cc2C)C(=O)N2c4ccccc4C[C@H]2C(O)C3)cc(COc2cc3c(cc2OC)C(=O)N2c4ccccc4C[C@H]2CC3)c1. The molecule has 2 N–H and O–H groups in total. The van der Waals surface area contributed by atoms with E-state index in [1.165, 1.54) is 5.56 Å². The zero-order chi connectivity index (χ0) is 46.6. The third-order valence-electron chi connectivity index (χ3n) is 13.3. The van der Waals surface area contributed by atoms with Crippen LogP contribution in [0.25, 0.3) is 0 Å². The van der Waals surface area contributed by atoms with Crippen LogP contribution < -0.4 is 29.3 Å². The lowest BCUT2D eigenvalue weighted by atomic mass is 9.96. The van der Waals surface area contributed by atoms with E-state index in [4.69, 9.17) is 14.2 Å². The summed E-state index contributed by atoms with van der Waals surface area (Å²) in [6.07, 6.45) is 5.70. The molecule has 9 rings (SSSR count). The number of hydrogen-bond donors (Lipinski definition) is 2. The van der Waals surface area contributed by atoms with Crippen LogP contribution in [0.1, 0.15) is 105 Å². The standard InChI is InChI=1S/C54H57N3O8S2/c1-4-42(58)13-9-19-66-67-20-10-16-52(60)55-40-23-34(31-64-49-29-39-27-48(59)47-26-38-12-6-8-15-46(38)57(47)54(62)43(39)21-33(49)2)22-35(24-40)32-65-51-28-36-17-18-41-25-37-11-5-7-14-45(37)56(41)53(61)44(36)30-50(51)63-3/h5-8,11-12,14-15,21-24,28-30,41,47-48,59H,4,9-10,13,16-20,25-27,31-32H2,1-3H3,(H,55,60)/t41-,47+,48?/m1/s1. The highest BCUT2D eigenvalue weighted by Gasteiger charge is 2.42. The quantitative estimate of drug-likeness (QED) is 0.0646. The first-order valence-electron chi connectivity index (χ1n) is 23.4. The Morgan fingerprint density at radius 1 is 0.716 bits per heavy atom. The molecule has 0 bridgehead atoms. The summed E-state index contributed by atoms with van der Waals surface area (Å²) in [4.78, 5) is 56.8. The molecule has 13 heteroatoms. The van der Waals surface area contributed by atoms with Crippen LogP contribution in [0.15, 0.2) is 91.0 Å². The molecule has 1 unspecified atom stereocenters. The third kappa shape index (κ3) is 10.1. The summed E-state index contributed by atoms with van der Waals surface area (Å²) in [5.74, 6) is 3.36. The van der Waals surface area contributed by atoms with Crippen molar-refractivity contribution >= 4 is 62.2 Å². The molecule has 5 aromatic rings. The molecule has 0 spiro atoms. The molecule has 0 saturated carbocycles. The normalized spacial score (nSPS) is 17.9. The molecule has 67 heavy (non-hydrogen) atoms. The maximum absolute atomic E-state index is 14.1. The number of Topliss-reactive ketones (excluding diaryl/α,β-unsaturated/α-hetero) is 1. The van der Waals surface area contributed by atoms with Crippen molar-refractivity contribution in [1.29, 1.82) is 0 Å². The monoisotopic (exact) mass is 939 g/mol. The maximum Gasteiger partial charge on any atom is 0.258 e. The molecule has 4 aliphatic rings. The highest BCUT2D eigenvalue weighted by molar-refractivity contribution is 8.76. The zero-order valence-electron chi connectivity index (χ0n) is 38.3. The lowest BCUT2D eigenvalue weighted by Gasteiger charge is -2.26. The second-order valence-electron chi connectivity index (χ2n) is 17.9. The first-order valence-corrected chi connectivity index (χ1v) is 25.9. The number of benzene rings is 5. The van der Waals surface area contributed by atoms with Gasteiger partial charge in [-0.15, -0.1) is 0 Å². The summed E-state index contributed by atoms with van der Waals surface area (Å²) in [5.41, 5.74) is 9.92. The number of ether oxygens (including phenoxy) is 3. The Labute approximate surface area is 400 Å². The smallest absolute Gasteiger partial charge is 0.258 e. The topological polar surface area (TPSA) is 135 Å². The fourth-order valence-corrected chi connectivity index (χ4v) is 12.1. The Bertz CT molecular complexity index is 2710. The van der Waals surface area contributed by atoms with E-state index >= 15 is 0 Å². The lowest BCUT2D eigenvalue weighted by molar-refractivity contribution is -0.119. The number of aryl methyl sites for hydroxylation is 2. The minimum Gasteiger partial charge on any atom is -0.493 e. The Balaban J connectivity index is 0.915. The van der Waals surface area contributed by atoms with E-state index in [2.05, 4.69) is 11.4 Å². The van der Waals surface area contributed by atoms with Crippen LogP contribution in [0.2, 0.25) is 0 Å². The molecule has 5 aromatic carbocycles. The number of ketones is 1. The predicted molar refractivity (Wildman–Crippen MR) is 266 cm³/mol. The Kier molecular flexibility index (Phi) is 14.3. The lowest BCUT2D eigenvalue weighted by Crippen LogP contribution is -2.43. The molecule has 0 fully saturated rings. The fourth-order valence-electron chi connectivity index (χ4n) is 9.89. The number of anilines is 3. The van der Waals surface area contributed by atoms with E-state index in [0.717, 1.165) is 81.9 Å². The molecule has 0 aromatic heterocycles. The number of carbonyl (C=O) groups is 4. The number of nitrogens with zero attached hydrogens (tertiary/aromatic N) is 2. The zero-order valence-corrected chi connectivity index (χ0v) is 39.9. The summed E-state index contributed by atoms with van der Waals surface area (Å²) in [6.45, 7) is 4.13. The van der Waals surface area contributed by atoms with Crippen LogP contribution in [0.4, 0.5) is 17.1 Å². The molecule has 0 aliphatic carbocycles. The summed E-state index contributed by atoms with van der Waals surface area (Å²) >= 11 is 0. The Morgan fingerprint density at radius 3 is 2.06 bits per heavy atom. The number of nitrogens with one attached hydrogen (secondary N) is 1.